The van der Waals surface area contributed by atoms with Crippen molar-refractivity contribution in [2.24, 2.45) is 0 Å². The van der Waals surface area contributed by atoms with E-state index >= 15 is 4.39 Å². The molecule has 12 heteroatoms. The van der Waals surface area contributed by atoms with Gasteiger partial charge in [-0.15, -0.1) is 11.3 Å². The first-order chi connectivity index (χ1) is 18.7. The van der Waals surface area contributed by atoms with Gasteiger partial charge in [-0.2, -0.15) is 0 Å². The van der Waals surface area contributed by atoms with Gasteiger partial charge >= 0.3 is 0 Å². The smallest absolute Gasteiger partial charge is 0.267 e. The van der Waals surface area contributed by atoms with Gasteiger partial charge in [0.25, 0.3) is 10.0 Å². The van der Waals surface area contributed by atoms with Gasteiger partial charge in [-0.3, -0.25) is 4.72 Å². The fourth-order valence-corrected chi connectivity index (χ4v) is 6.05. The van der Waals surface area contributed by atoms with Crippen LogP contribution in [0.1, 0.15) is 0 Å². The first kappa shape index (κ1) is 26.3. The van der Waals surface area contributed by atoms with Crippen molar-refractivity contribution < 1.29 is 21.6 Å². The highest BCUT2D eigenvalue weighted by Crippen LogP contribution is 2.42. The molecule has 0 spiro atoms. The molecular formula is C27H20F3N5O2S2. The van der Waals surface area contributed by atoms with Crippen LogP contribution in [0, 0.1) is 17.5 Å². The minimum atomic E-state index is -4.80. The van der Waals surface area contributed by atoms with E-state index < -0.39 is 38.1 Å². The van der Waals surface area contributed by atoms with E-state index in [2.05, 4.69) is 9.97 Å². The molecule has 198 valence electrons. The number of benzene rings is 3. The number of sulfonamides is 1. The van der Waals surface area contributed by atoms with Crippen LogP contribution in [0.5, 0.6) is 0 Å². The summed E-state index contributed by atoms with van der Waals surface area (Å²) in [5.74, 6) is -3.13. The molecule has 5 aromatic rings. The quantitative estimate of drug-likeness (QED) is 0.251. The molecule has 0 unspecified atom stereocenters. The predicted octanol–water partition coefficient (Wildman–Crippen LogP) is 6.22. The van der Waals surface area contributed by atoms with E-state index in [4.69, 9.17) is 4.98 Å². The van der Waals surface area contributed by atoms with Crippen molar-refractivity contribution in [2.45, 2.75) is 4.90 Å². The van der Waals surface area contributed by atoms with E-state index in [-0.39, 0.29) is 11.3 Å². The Hall–Kier alpha value is -4.29. The van der Waals surface area contributed by atoms with Crippen molar-refractivity contribution in [3.8, 4) is 32.4 Å². The van der Waals surface area contributed by atoms with E-state index in [1.165, 1.54) is 23.5 Å². The summed E-state index contributed by atoms with van der Waals surface area (Å²) in [6, 6.07) is 17.6. The second-order valence-electron chi connectivity index (χ2n) is 8.52. The molecule has 0 atom stereocenters. The average Bonchev–Trinajstić information content (AvgIpc) is 3.35. The number of anilines is 2. The number of halogens is 3. The van der Waals surface area contributed by atoms with E-state index in [1.807, 2.05) is 35.1 Å². The van der Waals surface area contributed by atoms with Gasteiger partial charge in [-0.05, 0) is 30.3 Å². The van der Waals surface area contributed by atoms with Gasteiger partial charge in [0.2, 0.25) is 5.95 Å². The lowest BCUT2D eigenvalue weighted by molar-refractivity contribution is 0.521. The van der Waals surface area contributed by atoms with Crippen LogP contribution in [-0.2, 0) is 10.0 Å². The largest absolute Gasteiger partial charge is 0.347 e. The predicted molar refractivity (Wildman–Crippen MR) is 145 cm³/mol. The number of nitrogens with zero attached hydrogens (tertiary/aromatic N) is 4. The molecule has 0 fully saturated rings. The van der Waals surface area contributed by atoms with Gasteiger partial charge in [0.1, 0.15) is 16.6 Å². The fraction of sp³-hybridized carbons (Fsp3) is 0.0741. The number of aromatic nitrogens is 3. The molecular weight excluding hydrogens is 547 g/mol. The first-order valence-electron chi connectivity index (χ1n) is 11.5. The Morgan fingerprint density at radius 3 is 2.23 bits per heavy atom. The minimum Gasteiger partial charge on any atom is -0.347 e. The molecule has 0 bridgehead atoms. The van der Waals surface area contributed by atoms with Gasteiger partial charge in [-0.25, -0.2) is 36.5 Å². The maximum Gasteiger partial charge on any atom is 0.267 e. The molecule has 5 rings (SSSR count). The Bertz CT molecular complexity index is 1760. The Morgan fingerprint density at radius 1 is 0.846 bits per heavy atom. The Kier molecular flexibility index (Phi) is 7.06. The van der Waals surface area contributed by atoms with Crippen molar-refractivity contribution in [3.05, 3.63) is 96.4 Å². The topological polar surface area (TPSA) is 88.1 Å². The van der Waals surface area contributed by atoms with Crippen LogP contribution in [-0.4, -0.2) is 37.5 Å². The summed E-state index contributed by atoms with van der Waals surface area (Å²) in [6.45, 7) is 0. The average molecular weight is 568 g/mol. The standard InChI is InChI=1S/C27H20F3N5O2S2/c1-35(2)27-31-15-14-21(32-27)24-23(33-26(38-24)16-8-4-3-5-9-16)17-10-6-13-20(22(17)30)34-39(36,37)25-18(28)11-7-12-19(25)29/h3-15,34H,1-2H3. The summed E-state index contributed by atoms with van der Waals surface area (Å²) in [5, 5.41) is 0.587. The third-order valence-electron chi connectivity index (χ3n) is 5.61. The summed E-state index contributed by atoms with van der Waals surface area (Å²) < 4.78 is 72.0. The minimum absolute atomic E-state index is 0.0253. The molecule has 2 aromatic heterocycles. The first-order valence-corrected chi connectivity index (χ1v) is 13.8. The second-order valence-corrected chi connectivity index (χ2v) is 11.1. The van der Waals surface area contributed by atoms with Crippen LogP contribution in [0.25, 0.3) is 32.4 Å². The lowest BCUT2D eigenvalue weighted by Crippen LogP contribution is -2.17. The number of thiazole rings is 1. The number of hydrogen-bond acceptors (Lipinski definition) is 7. The number of rotatable bonds is 7. The summed E-state index contributed by atoms with van der Waals surface area (Å²) in [4.78, 5) is 14.5. The highest BCUT2D eigenvalue weighted by Gasteiger charge is 2.27. The Labute approximate surface area is 226 Å². The molecule has 0 saturated carbocycles. The lowest BCUT2D eigenvalue weighted by atomic mass is 10.1. The molecule has 7 nitrogen and oxygen atoms in total. The zero-order chi connectivity index (χ0) is 27.7. The van der Waals surface area contributed by atoms with E-state index in [9.17, 15) is 17.2 Å². The van der Waals surface area contributed by atoms with Crippen molar-refractivity contribution in [3.63, 3.8) is 0 Å². The zero-order valence-corrected chi connectivity index (χ0v) is 22.2. The van der Waals surface area contributed by atoms with E-state index in [1.54, 1.807) is 31.3 Å². The van der Waals surface area contributed by atoms with Crippen LogP contribution in [0.4, 0.5) is 24.8 Å². The van der Waals surface area contributed by atoms with Crippen LogP contribution in [0.3, 0.4) is 0 Å². The SMILES string of the molecule is CN(C)c1nccc(-c2sc(-c3ccccc3)nc2-c2cccc(NS(=O)(=O)c3c(F)cccc3F)c2F)n1. The van der Waals surface area contributed by atoms with Gasteiger partial charge < -0.3 is 4.90 Å². The molecule has 2 heterocycles. The molecule has 0 amide bonds. The molecule has 0 aliphatic rings. The Morgan fingerprint density at radius 2 is 1.54 bits per heavy atom. The summed E-state index contributed by atoms with van der Waals surface area (Å²) in [5.41, 5.74) is 0.985. The van der Waals surface area contributed by atoms with Gasteiger partial charge in [0.15, 0.2) is 10.7 Å². The molecule has 39 heavy (non-hydrogen) atoms. The molecule has 0 aliphatic carbocycles. The van der Waals surface area contributed by atoms with Crippen molar-refractivity contribution in [1.29, 1.82) is 0 Å². The van der Waals surface area contributed by atoms with Gasteiger partial charge in [0.05, 0.1) is 22.0 Å². The van der Waals surface area contributed by atoms with Gasteiger partial charge in [0, 0.05) is 31.4 Å². The molecule has 0 aliphatic heterocycles. The highest BCUT2D eigenvalue weighted by atomic mass is 32.2. The maximum absolute atomic E-state index is 15.9. The van der Waals surface area contributed by atoms with Crippen molar-refractivity contribution >= 4 is 33.0 Å². The van der Waals surface area contributed by atoms with Gasteiger partial charge in [-0.1, -0.05) is 42.5 Å². The number of nitrogens with one attached hydrogen (secondary N) is 1. The van der Waals surface area contributed by atoms with Crippen LogP contribution in [0.2, 0.25) is 0 Å². The fourth-order valence-electron chi connectivity index (χ4n) is 3.80. The maximum atomic E-state index is 15.9. The molecule has 3 aromatic carbocycles. The Balaban J connectivity index is 1.65. The van der Waals surface area contributed by atoms with E-state index in [0.29, 0.717) is 21.5 Å². The third-order valence-corrected chi connectivity index (χ3v) is 8.15. The van der Waals surface area contributed by atoms with Crippen molar-refractivity contribution in [2.75, 3.05) is 23.7 Å². The summed E-state index contributed by atoms with van der Waals surface area (Å²) >= 11 is 1.29. The second kappa shape index (κ2) is 10.5. The zero-order valence-electron chi connectivity index (χ0n) is 20.6. The van der Waals surface area contributed by atoms with Crippen LogP contribution >= 0.6 is 11.3 Å². The van der Waals surface area contributed by atoms with E-state index in [0.717, 1.165) is 29.8 Å². The van der Waals surface area contributed by atoms with Crippen LogP contribution < -0.4 is 9.62 Å². The normalized spacial score (nSPS) is 11.4. The number of hydrogen-bond donors (Lipinski definition) is 1. The molecule has 0 saturated heterocycles. The summed E-state index contributed by atoms with van der Waals surface area (Å²) in [6.07, 6.45) is 1.58. The molecule has 1 N–H and O–H groups in total. The lowest BCUT2D eigenvalue weighted by Gasteiger charge is -2.13. The highest BCUT2D eigenvalue weighted by molar-refractivity contribution is 7.92. The third kappa shape index (κ3) is 5.20. The molecule has 0 radical (unpaired) electrons. The van der Waals surface area contributed by atoms with Crippen LogP contribution in [0.15, 0.2) is 83.9 Å². The summed E-state index contributed by atoms with van der Waals surface area (Å²) in [7, 11) is -1.22. The van der Waals surface area contributed by atoms with Crippen molar-refractivity contribution in [1.82, 2.24) is 15.0 Å². The monoisotopic (exact) mass is 567 g/mol.